The number of carboxylic acids is 1. The second-order valence-electron chi connectivity index (χ2n) is 4.71. The number of hydrogen-bond acceptors (Lipinski definition) is 5. The minimum atomic E-state index is -0.906. The zero-order chi connectivity index (χ0) is 16.2. The highest BCUT2D eigenvalue weighted by Gasteiger charge is 2.14. The van der Waals surface area contributed by atoms with Crippen LogP contribution >= 0.6 is 11.8 Å². The van der Waals surface area contributed by atoms with Crippen molar-refractivity contribution in [1.82, 2.24) is 9.97 Å². The molecule has 1 aromatic heterocycles. The Morgan fingerprint density at radius 3 is 2.61 bits per heavy atom. The number of fused-ring (bicyclic) bond motifs is 1. The Morgan fingerprint density at radius 1 is 1.13 bits per heavy atom. The third kappa shape index (κ3) is 3.00. The fourth-order valence-corrected chi connectivity index (χ4v) is 3.04. The summed E-state index contributed by atoms with van der Waals surface area (Å²) in [4.78, 5) is 19.4. The predicted octanol–water partition coefficient (Wildman–Crippen LogP) is 3.35. The molecule has 0 atom stereocenters. The molecule has 3 rings (SSSR count). The number of nitriles is 1. The Labute approximate surface area is 136 Å². The van der Waals surface area contributed by atoms with E-state index in [4.69, 9.17) is 5.11 Å². The van der Waals surface area contributed by atoms with Crippen LogP contribution in [0.2, 0.25) is 0 Å². The van der Waals surface area contributed by atoms with Crippen LogP contribution in [0, 0.1) is 11.3 Å². The summed E-state index contributed by atoms with van der Waals surface area (Å²) in [5, 5.41) is 20.4. The normalized spacial score (nSPS) is 10.4. The second-order valence-corrected chi connectivity index (χ2v) is 5.67. The predicted molar refractivity (Wildman–Crippen MR) is 88.0 cm³/mol. The highest BCUT2D eigenvalue weighted by Crippen LogP contribution is 2.34. The molecule has 0 saturated carbocycles. The van der Waals surface area contributed by atoms with Crippen LogP contribution in [0.15, 0.2) is 53.8 Å². The number of carbonyl (C=O) groups is 1. The van der Waals surface area contributed by atoms with Crippen molar-refractivity contribution in [2.24, 2.45) is 0 Å². The minimum absolute atomic E-state index is 0.0834. The molecule has 0 unspecified atom stereocenters. The van der Waals surface area contributed by atoms with E-state index in [0.717, 1.165) is 28.1 Å². The minimum Gasteiger partial charge on any atom is -0.481 e. The molecular formula is C17H11N3O2S. The quantitative estimate of drug-likeness (QED) is 0.742. The molecule has 0 spiro atoms. The lowest BCUT2D eigenvalue weighted by Crippen LogP contribution is -2.00. The number of hydrogen-bond donors (Lipinski definition) is 1. The summed E-state index contributed by atoms with van der Waals surface area (Å²) in [6, 6.07) is 13.3. The van der Waals surface area contributed by atoms with Gasteiger partial charge in [-0.15, -0.1) is 0 Å². The van der Waals surface area contributed by atoms with Crippen LogP contribution in [-0.2, 0) is 4.79 Å². The smallest absolute Gasteiger partial charge is 0.313 e. The molecule has 0 saturated heterocycles. The molecule has 0 aliphatic heterocycles. The highest BCUT2D eigenvalue weighted by atomic mass is 32.2. The van der Waals surface area contributed by atoms with Crippen molar-refractivity contribution in [2.45, 2.75) is 5.03 Å². The number of thioether (sulfide) groups is 1. The Morgan fingerprint density at radius 2 is 1.87 bits per heavy atom. The maximum atomic E-state index is 10.8. The monoisotopic (exact) mass is 321 g/mol. The van der Waals surface area contributed by atoms with Gasteiger partial charge in [0.05, 0.1) is 17.4 Å². The van der Waals surface area contributed by atoms with Crippen molar-refractivity contribution >= 4 is 28.5 Å². The number of rotatable bonds is 4. The summed E-state index contributed by atoms with van der Waals surface area (Å²) in [5.41, 5.74) is 2.05. The van der Waals surface area contributed by atoms with Gasteiger partial charge in [-0.2, -0.15) is 5.26 Å². The largest absolute Gasteiger partial charge is 0.481 e. The molecule has 6 heteroatoms. The Balaban J connectivity index is 2.19. The van der Waals surface area contributed by atoms with Gasteiger partial charge in [0.25, 0.3) is 0 Å². The van der Waals surface area contributed by atoms with Gasteiger partial charge in [-0.1, -0.05) is 42.1 Å². The summed E-state index contributed by atoms with van der Waals surface area (Å²) in [6.45, 7) is 0. The Bertz CT molecular complexity index is 935. The molecular weight excluding hydrogens is 310 g/mol. The van der Waals surface area contributed by atoms with Crippen LogP contribution in [-0.4, -0.2) is 26.8 Å². The van der Waals surface area contributed by atoms with Gasteiger partial charge in [0, 0.05) is 23.3 Å². The average molecular weight is 321 g/mol. The molecule has 112 valence electrons. The number of aromatic nitrogens is 2. The van der Waals surface area contributed by atoms with Gasteiger partial charge in [0.2, 0.25) is 0 Å². The molecule has 3 aromatic rings. The average Bonchev–Trinajstić information content (AvgIpc) is 2.59. The Hall–Kier alpha value is -2.91. The van der Waals surface area contributed by atoms with Crippen molar-refractivity contribution in [2.75, 3.05) is 5.75 Å². The maximum absolute atomic E-state index is 10.8. The van der Waals surface area contributed by atoms with Gasteiger partial charge in [0.1, 0.15) is 10.7 Å². The number of carboxylic acid groups (broad SMARTS) is 1. The first-order valence-electron chi connectivity index (χ1n) is 6.78. The summed E-state index contributed by atoms with van der Waals surface area (Å²) in [5.74, 6) is -0.990. The lowest BCUT2D eigenvalue weighted by molar-refractivity contribution is -0.133. The first kappa shape index (κ1) is 15.0. The summed E-state index contributed by atoms with van der Waals surface area (Å²) < 4.78 is 0. The SMILES string of the molecule is N#Cc1ccc(-c2nccnc2SCC(=O)O)c2ccccc12. The van der Waals surface area contributed by atoms with Gasteiger partial charge in [0.15, 0.2) is 0 Å². The topological polar surface area (TPSA) is 86.9 Å². The first-order chi connectivity index (χ1) is 11.2. The molecule has 0 bridgehead atoms. The van der Waals surface area contributed by atoms with Gasteiger partial charge >= 0.3 is 5.97 Å². The van der Waals surface area contributed by atoms with Crippen molar-refractivity contribution < 1.29 is 9.90 Å². The van der Waals surface area contributed by atoms with E-state index in [1.807, 2.05) is 30.3 Å². The van der Waals surface area contributed by atoms with Crippen LogP contribution in [0.1, 0.15) is 5.56 Å². The lowest BCUT2D eigenvalue weighted by Gasteiger charge is -2.10. The molecule has 0 amide bonds. The van der Waals surface area contributed by atoms with Crippen LogP contribution in [0.3, 0.4) is 0 Å². The fourth-order valence-electron chi connectivity index (χ4n) is 2.35. The fraction of sp³-hybridized carbons (Fsp3) is 0.0588. The molecule has 0 aliphatic rings. The van der Waals surface area contributed by atoms with E-state index in [2.05, 4.69) is 16.0 Å². The van der Waals surface area contributed by atoms with E-state index >= 15 is 0 Å². The third-order valence-electron chi connectivity index (χ3n) is 3.30. The van der Waals surface area contributed by atoms with Gasteiger partial charge in [-0.25, -0.2) is 4.98 Å². The van der Waals surface area contributed by atoms with Crippen molar-refractivity contribution in [1.29, 1.82) is 5.26 Å². The lowest BCUT2D eigenvalue weighted by atomic mass is 9.98. The molecule has 0 aliphatic carbocycles. The number of aliphatic carboxylic acids is 1. The van der Waals surface area contributed by atoms with Crippen LogP contribution < -0.4 is 0 Å². The van der Waals surface area contributed by atoms with Crippen LogP contribution in [0.25, 0.3) is 22.0 Å². The second kappa shape index (κ2) is 6.46. The maximum Gasteiger partial charge on any atom is 0.313 e. The van der Waals surface area contributed by atoms with Crippen LogP contribution in [0.5, 0.6) is 0 Å². The van der Waals surface area contributed by atoms with Crippen LogP contribution in [0.4, 0.5) is 0 Å². The Kier molecular flexibility index (Phi) is 4.22. The van der Waals surface area contributed by atoms with E-state index in [1.54, 1.807) is 18.5 Å². The molecule has 23 heavy (non-hydrogen) atoms. The summed E-state index contributed by atoms with van der Waals surface area (Å²) in [6.07, 6.45) is 3.12. The number of benzene rings is 2. The van der Waals surface area contributed by atoms with Crippen molar-refractivity contribution in [3.05, 3.63) is 54.4 Å². The zero-order valence-corrected chi connectivity index (χ0v) is 12.7. The highest BCUT2D eigenvalue weighted by molar-refractivity contribution is 8.00. The summed E-state index contributed by atoms with van der Waals surface area (Å²) >= 11 is 1.13. The van der Waals surface area contributed by atoms with E-state index in [-0.39, 0.29) is 5.75 Å². The van der Waals surface area contributed by atoms with E-state index in [1.165, 1.54) is 0 Å². The molecule has 0 fully saturated rings. The molecule has 1 N–H and O–H groups in total. The van der Waals surface area contributed by atoms with Gasteiger partial charge in [-0.05, 0) is 11.5 Å². The van der Waals surface area contributed by atoms with Gasteiger partial charge < -0.3 is 5.11 Å². The van der Waals surface area contributed by atoms with E-state index in [0.29, 0.717) is 16.3 Å². The van der Waals surface area contributed by atoms with E-state index in [9.17, 15) is 10.1 Å². The molecule has 5 nitrogen and oxygen atoms in total. The van der Waals surface area contributed by atoms with E-state index < -0.39 is 5.97 Å². The molecule has 2 aromatic carbocycles. The summed E-state index contributed by atoms with van der Waals surface area (Å²) in [7, 11) is 0. The molecule has 0 radical (unpaired) electrons. The zero-order valence-electron chi connectivity index (χ0n) is 11.9. The number of nitrogens with zero attached hydrogens (tertiary/aromatic N) is 3. The van der Waals surface area contributed by atoms with Gasteiger partial charge in [-0.3, -0.25) is 9.78 Å². The van der Waals surface area contributed by atoms with Crippen molar-refractivity contribution in [3.8, 4) is 17.3 Å². The standard InChI is InChI=1S/C17H11N3O2S/c18-9-11-5-6-14(13-4-2-1-3-12(11)13)16-17(20-8-7-19-16)23-10-15(21)22/h1-8H,10H2,(H,21,22). The third-order valence-corrected chi connectivity index (χ3v) is 4.26. The first-order valence-corrected chi connectivity index (χ1v) is 7.77. The van der Waals surface area contributed by atoms with Crippen molar-refractivity contribution in [3.63, 3.8) is 0 Å². The molecule has 1 heterocycles.